The molecule has 2 aromatic rings. The minimum Gasteiger partial charge on any atom is -0.493 e. The molecule has 0 saturated carbocycles. The third kappa shape index (κ3) is 5.31. The van der Waals surface area contributed by atoms with Crippen LogP contribution in [-0.2, 0) is 11.4 Å². The molecule has 1 fully saturated rings. The van der Waals surface area contributed by atoms with Crippen molar-refractivity contribution in [3.8, 4) is 11.5 Å². The maximum atomic E-state index is 12.5. The lowest BCUT2D eigenvalue weighted by Crippen LogP contribution is -2.29. The number of nitrogens with zero attached hydrogens (tertiary/aromatic N) is 1. The average molecular weight is 466 g/mol. The van der Waals surface area contributed by atoms with Crippen LogP contribution >= 0.6 is 35.0 Å². The number of carbonyl (C=O) groups excluding carboxylic acids is 2. The van der Waals surface area contributed by atoms with Gasteiger partial charge in [0.1, 0.15) is 6.61 Å². The highest BCUT2D eigenvalue weighted by atomic mass is 35.5. The predicted molar refractivity (Wildman–Crippen MR) is 121 cm³/mol. The van der Waals surface area contributed by atoms with Gasteiger partial charge in [-0.3, -0.25) is 14.5 Å². The fourth-order valence-electron chi connectivity index (χ4n) is 2.84. The zero-order valence-corrected chi connectivity index (χ0v) is 18.9. The van der Waals surface area contributed by atoms with Gasteiger partial charge in [-0.25, -0.2) is 0 Å². The van der Waals surface area contributed by atoms with Crippen LogP contribution in [0.2, 0.25) is 10.0 Å². The molecule has 1 saturated heterocycles. The second kappa shape index (κ2) is 10.2. The van der Waals surface area contributed by atoms with Crippen LogP contribution in [0.15, 0.2) is 41.3 Å². The Labute approximate surface area is 189 Å². The van der Waals surface area contributed by atoms with Crippen molar-refractivity contribution in [3.05, 3.63) is 62.5 Å². The van der Waals surface area contributed by atoms with E-state index in [9.17, 15) is 9.59 Å². The summed E-state index contributed by atoms with van der Waals surface area (Å²) in [5.74, 6) is 0.822. The molecule has 1 aliphatic heterocycles. The van der Waals surface area contributed by atoms with Gasteiger partial charge in [0.25, 0.3) is 11.1 Å². The Bertz CT molecular complexity index is 993. The van der Waals surface area contributed by atoms with E-state index in [0.29, 0.717) is 39.6 Å². The SMILES string of the molecule is CCCCN1C(=O)S/C(=C\c2ccc(OCc3ccc(Cl)c(Cl)c3)c(OC)c2)C1=O. The molecule has 5 nitrogen and oxygen atoms in total. The van der Waals surface area contributed by atoms with Crippen LogP contribution in [0.4, 0.5) is 4.79 Å². The first-order chi connectivity index (χ1) is 14.4. The molecule has 0 spiro atoms. The number of halogens is 2. The summed E-state index contributed by atoms with van der Waals surface area (Å²) in [6, 6.07) is 10.7. The van der Waals surface area contributed by atoms with E-state index in [-0.39, 0.29) is 11.1 Å². The molecule has 0 unspecified atom stereocenters. The first kappa shape index (κ1) is 22.5. The molecular formula is C22H21Cl2NO4S. The highest BCUT2D eigenvalue weighted by Gasteiger charge is 2.34. The zero-order valence-electron chi connectivity index (χ0n) is 16.6. The van der Waals surface area contributed by atoms with E-state index >= 15 is 0 Å². The molecule has 0 aliphatic carbocycles. The molecule has 158 valence electrons. The number of ether oxygens (including phenoxy) is 2. The summed E-state index contributed by atoms with van der Waals surface area (Å²) in [5, 5.41) is 0.725. The van der Waals surface area contributed by atoms with Gasteiger partial charge in [0.05, 0.1) is 22.1 Å². The summed E-state index contributed by atoms with van der Waals surface area (Å²) in [4.78, 5) is 26.3. The maximum Gasteiger partial charge on any atom is 0.293 e. The van der Waals surface area contributed by atoms with Crippen LogP contribution in [0, 0.1) is 0 Å². The Balaban J connectivity index is 1.74. The van der Waals surface area contributed by atoms with Crippen molar-refractivity contribution in [1.29, 1.82) is 0 Å². The largest absolute Gasteiger partial charge is 0.493 e. The topological polar surface area (TPSA) is 55.8 Å². The third-order valence-corrected chi connectivity index (χ3v) is 6.12. The van der Waals surface area contributed by atoms with E-state index in [4.69, 9.17) is 32.7 Å². The quantitative estimate of drug-likeness (QED) is 0.421. The number of thioether (sulfide) groups is 1. The molecule has 1 aliphatic rings. The average Bonchev–Trinajstić information content (AvgIpc) is 3.00. The fourth-order valence-corrected chi connectivity index (χ4v) is 4.03. The molecule has 1 heterocycles. The van der Waals surface area contributed by atoms with E-state index in [0.717, 1.165) is 35.7 Å². The van der Waals surface area contributed by atoms with Crippen molar-refractivity contribution >= 4 is 52.2 Å². The highest BCUT2D eigenvalue weighted by Crippen LogP contribution is 2.35. The van der Waals surface area contributed by atoms with Crippen LogP contribution in [0.3, 0.4) is 0 Å². The summed E-state index contributed by atoms with van der Waals surface area (Å²) in [7, 11) is 1.55. The molecule has 30 heavy (non-hydrogen) atoms. The van der Waals surface area contributed by atoms with Gasteiger partial charge in [0.15, 0.2) is 11.5 Å². The molecule has 2 amide bonds. The van der Waals surface area contributed by atoms with Crippen molar-refractivity contribution in [2.45, 2.75) is 26.4 Å². The van der Waals surface area contributed by atoms with Gasteiger partial charge in [-0.15, -0.1) is 0 Å². The lowest BCUT2D eigenvalue weighted by atomic mass is 10.1. The van der Waals surface area contributed by atoms with Crippen LogP contribution < -0.4 is 9.47 Å². The summed E-state index contributed by atoms with van der Waals surface area (Å²) in [6.07, 6.45) is 3.41. The highest BCUT2D eigenvalue weighted by molar-refractivity contribution is 8.18. The van der Waals surface area contributed by atoms with Crippen LogP contribution in [0.1, 0.15) is 30.9 Å². The number of methoxy groups -OCH3 is 1. The Morgan fingerprint density at radius 2 is 1.87 bits per heavy atom. The molecule has 0 atom stereocenters. The van der Waals surface area contributed by atoms with Crippen molar-refractivity contribution in [2.24, 2.45) is 0 Å². The number of imide groups is 1. The summed E-state index contributed by atoms with van der Waals surface area (Å²) < 4.78 is 11.3. The van der Waals surface area contributed by atoms with E-state index in [1.54, 1.807) is 37.5 Å². The van der Waals surface area contributed by atoms with Crippen LogP contribution in [0.25, 0.3) is 6.08 Å². The number of benzene rings is 2. The van der Waals surface area contributed by atoms with Crippen molar-refractivity contribution in [2.75, 3.05) is 13.7 Å². The molecule has 8 heteroatoms. The molecule has 3 rings (SSSR count). The van der Waals surface area contributed by atoms with Gasteiger partial charge in [0, 0.05) is 6.54 Å². The number of carbonyl (C=O) groups is 2. The maximum absolute atomic E-state index is 12.5. The molecule has 2 aromatic carbocycles. The third-order valence-electron chi connectivity index (χ3n) is 4.47. The van der Waals surface area contributed by atoms with E-state index in [2.05, 4.69) is 0 Å². The lowest BCUT2D eigenvalue weighted by molar-refractivity contribution is -0.122. The lowest BCUT2D eigenvalue weighted by Gasteiger charge is -2.12. The second-order valence-electron chi connectivity index (χ2n) is 6.63. The van der Waals surface area contributed by atoms with Gasteiger partial charge in [-0.2, -0.15) is 0 Å². The van der Waals surface area contributed by atoms with E-state index in [1.165, 1.54) is 4.90 Å². The number of unbranched alkanes of at least 4 members (excludes halogenated alkanes) is 1. The van der Waals surface area contributed by atoms with Gasteiger partial charge < -0.3 is 9.47 Å². The molecular weight excluding hydrogens is 445 g/mol. The van der Waals surface area contributed by atoms with Gasteiger partial charge in [-0.1, -0.05) is 48.7 Å². The van der Waals surface area contributed by atoms with E-state index in [1.807, 2.05) is 19.1 Å². The Morgan fingerprint density at radius 1 is 1.07 bits per heavy atom. The zero-order chi connectivity index (χ0) is 21.7. The predicted octanol–water partition coefficient (Wildman–Crippen LogP) is 6.42. The fraction of sp³-hybridized carbons (Fsp3) is 0.273. The smallest absolute Gasteiger partial charge is 0.293 e. The van der Waals surface area contributed by atoms with Gasteiger partial charge in [0.2, 0.25) is 0 Å². The van der Waals surface area contributed by atoms with Gasteiger partial charge in [-0.05, 0) is 59.7 Å². The van der Waals surface area contributed by atoms with Gasteiger partial charge >= 0.3 is 0 Å². The number of hydrogen-bond donors (Lipinski definition) is 0. The standard InChI is InChI=1S/C22H21Cl2NO4S/c1-3-4-9-25-21(26)20(30-22(25)27)12-14-6-8-18(19(11-14)28-2)29-13-15-5-7-16(23)17(24)10-15/h5-8,10-12H,3-4,9,13H2,1-2H3/b20-12-. The van der Waals surface area contributed by atoms with Crippen molar-refractivity contribution in [1.82, 2.24) is 4.90 Å². The van der Waals surface area contributed by atoms with Crippen molar-refractivity contribution < 1.29 is 19.1 Å². The summed E-state index contributed by atoms with van der Waals surface area (Å²) in [6.45, 7) is 2.76. The Kier molecular flexibility index (Phi) is 7.69. The number of amides is 2. The summed E-state index contributed by atoms with van der Waals surface area (Å²) in [5.41, 5.74) is 1.62. The molecule has 0 radical (unpaired) electrons. The first-order valence-corrected chi connectivity index (χ1v) is 11.0. The molecule has 0 bridgehead atoms. The van der Waals surface area contributed by atoms with Crippen molar-refractivity contribution in [3.63, 3.8) is 0 Å². The number of rotatable bonds is 8. The Morgan fingerprint density at radius 3 is 2.57 bits per heavy atom. The molecule has 0 N–H and O–H groups in total. The minimum absolute atomic E-state index is 0.228. The summed E-state index contributed by atoms with van der Waals surface area (Å²) >= 11 is 12.9. The first-order valence-electron chi connectivity index (χ1n) is 9.43. The Hall–Kier alpha value is -2.15. The monoisotopic (exact) mass is 465 g/mol. The number of hydrogen-bond acceptors (Lipinski definition) is 5. The second-order valence-corrected chi connectivity index (χ2v) is 8.44. The van der Waals surface area contributed by atoms with E-state index < -0.39 is 0 Å². The van der Waals surface area contributed by atoms with Crippen LogP contribution in [0.5, 0.6) is 11.5 Å². The molecule has 0 aromatic heterocycles. The minimum atomic E-state index is -0.252. The normalized spacial score (nSPS) is 15.2. The van der Waals surface area contributed by atoms with Crippen LogP contribution in [-0.4, -0.2) is 29.7 Å².